The summed E-state index contributed by atoms with van der Waals surface area (Å²) in [7, 11) is 0. The highest BCUT2D eigenvalue weighted by atomic mass is 32.1. The molecular formula is C10H11N3S. The van der Waals surface area contributed by atoms with Crippen LogP contribution in [0.15, 0.2) is 30.3 Å². The van der Waals surface area contributed by atoms with E-state index in [0.29, 0.717) is 6.54 Å². The van der Waals surface area contributed by atoms with Gasteiger partial charge in [0, 0.05) is 9.58 Å². The summed E-state index contributed by atoms with van der Waals surface area (Å²) < 4.78 is 1.27. The molecule has 0 atom stereocenters. The molecule has 4 heteroatoms. The van der Waals surface area contributed by atoms with E-state index in [0.717, 1.165) is 0 Å². The summed E-state index contributed by atoms with van der Waals surface area (Å²) in [4.78, 5) is 1.20. The highest BCUT2D eigenvalue weighted by Crippen LogP contribution is 2.24. The first-order chi connectivity index (χ1) is 6.75. The third-order valence-electron chi connectivity index (χ3n) is 1.93. The first kappa shape index (κ1) is 9.02. The quantitative estimate of drug-likeness (QED) is 0.518. The van der Waals surface area contributed by atoms with Crippen molar-refractivity contribution in [3.63, 3.8) is 0 Å². The summed E-state index contributed by atoms with van der Waals surface area (Å²) in [6.45, 7) is 0.634. The van der Waals surface area contributed by atoms with E-state index in [1.54, 1.807) is 11.3 Å². The van der Waals surface area contributed by atoms with Gasteiger partial charge in [-0.3, -0.25) is 5.41 Å². The van der Waals surface area contributed by atoms with Crippen LogP contribution in [0.25, 0.3) is 10.1 Å². The number of rotatable bonds is 2. The second-order valence-corrected chi connectivity index (χ2v) is 4.19. The molecule has 1 heterocycles. The highest BCUT2D eigenvalue weighted by Gasteiger charge is 2.00. The van der Waals surface area contributed by atoms with Crippen LogP contribution in [-0.4, -0.2) is 5.96 Å². The minimum absolute atomic E-state index is 0.0162. The topological polar surface area (TPSA) is 61.9 Å². The molecule has 1 aromatic carbocycles. The molecule has 4 N–H and O–H groups in total. The summed E-state index contributed by atoms with van der Waals surface area (Å²) in [5.41, 5.74) is 5.21. The zero-order valence-corrected chi connectivity index (χ0v) is 8.40. The van der Waals surface area contributed by atoms with E-state index in [9.17, 15) is 0 Å². The number of nitrogens with two attached hydrogens (primary N) is 1. The van der Waals surface area contributed by atoms with E-state index in [1.165, 1.54) is 15.0 Å². The maximum absolute atomic E-state index is 7.05. The van der Waals surface area contributed by atoms with Crippen LogP contribution < -0.4 is 11.1 Å². The third kappa shape index (κ3) is 1.85. The Bertz CT molecular complexity index is 428. The molecule has 0 fully saturated rings. The molecule has 0 saturated heterocycles. The van der Waals surface area contributed by atoms with E-state index >= 15 is 0 Å². The lowest BCUT2D eigenvalue weighted by molar-refractivity contribution is 0.915. The SMILES string of the molecule is N=C(N)NCc1cc2ccccc2s1. The van der Waals surface area contributed by atoms with E-state index in [1.807, 2.05) is 12.1 Å². The Morgan fingerprint density at radius 2 is 2.21 bits per heavy atom. The Kier molecular flexibility index (Phi) is 2.37. The van der Waals surface area contributed by atoms with Crippen molar-refractivity contribution >= 4 is 27.4 Å². The molecule has 0 radical (unpaired) electrons. The van der Waals surface area contributed by atoms with Crippen molar-refractivity contribution in [2.45, 2.75) is 6.54 Å². The van der Waals surface area contributed by atoms with Gasteiger partial charge in [0.1, 0.15) is 0 Å². The molecule has 3 nitrogen and oxygen atoms in total. The van der Waals surface area contributed by atoms with E-state index in [2.05, 4.69) is 23.5 Å². The van der Waals surface area contributed by atoms with Crippen molar-refractivity contribution < 1.29 is 0 Å². The highest BCUT2D eigenvalue weighted by molar-refractivity contribution is 7.19. The minimum Gasteiger partial charge on any atom is -0.370 e. The van der Waals surface area contributed by atoms with Crippen molar-refractivity contribution in [3.05, 3.63) is 35.2 Å². The van der Waals surface area contributed by atoms with Gasteiger partial charge in [0.2, 0.25) is 0 Å². The summed E-state index contributed by atoms with van der Waals surface area (Å²) >= 11 is 1.72. The van der Waals surface area contributed by atoms with Crippen LogP contribution in [0.3, 0.4) is 0 Å². The van der Waals surface area contributed by atoms with Gasteiger partial charge in [-0.05, 0) is 17.5 Å². The average molecular weight is 205 g/mol. The molecule has 1 aromatic heterocycles. The van der Waals surface area contributed by atoms with Crippen LogP contribution >= 0.6 is 11.3 Å². The van der Waals surface area contributed by atoms with Crippen molar-refractivity contribution in [2.75, 3.05) is 0 Å². The van der Waals surface area contributed by atoms with Gasteiger partial charge in [0.25, 0.3) is 0 Å². The van der Waals surface area contributed by atoms with Crippen LogP contribution in [0.2, 0.25) is 0 Å². The lowest BCUT2D eigenvalue weighted by Gasteiger charge is -1.98. The van der Waals surface area contributed by atoms with Gasteiger partial charge >= 0.3 is 0 Å². The third-order valence-corrected chi connectivity index (χ3v) is 3.05. The van der Waals surface area contributed by atoms with Gasteiger partial charge in [-0.15, -0.1) is 11.3 Å². The molecule has 0 spiro atoms. The maximum atomic E-state index is 7.05. The smallest absolute Gasteiger partial charge is 0.186 e. The largest absolute Gasteiger partial charge is 0.370 e. The van der Waals surface area contributed by atoms with Crippen molar-refractivity contribution in [1.82, 2.24) is 5.32 Å². The van der Waals surface area contributed by atoms with Gasteiger partial charge in [-0.25, -0.2) is 0 Å². The molecule has 0 amide bonds. The standard InChI is InChI=1S/C10H11N3S/c11-10(12)13-6-8-5-7-3-1-2-4-9(7)14-8/h1-5H,6H2,(H4,11,12,13). The van der Waals surface area contributed by atoms with Crippen LogP contribution in [0, 0.1) is 5.41 Å². The molecule has 0 unspecified atom stereocenters. The molecule has 0 aliphatic rings. The zero-order valence-electron chi connectivity index (χ0n) is 7.58. The molecule has 0 saturated carbocycles. The predicted molar refractivity (Wildman–Crippen MR) is 60.6 cm³/mol. The van der Waals surface area contributed by atoms with Gasteiger partial charge in [0.05, 0.1) is 6.54 Å². The van der Waals surface area contributed by atoms with E-state index < -0.39 is 0 Å². The maximum Gasteiger partial charge on any atom is 0.186 e. The molecule has 14 heavy (non-hydrogen) atoms. The lowest BCUT2D eigenvalue weighted by atomic mass is 10.2. The fraction of sp³-hybridized carbons (Fsp3) is 0.100. The van der Waals surface area contributed by atoms with Gasteiger partial charge < -0.3 is 11.1 Å². The van der Waals surface area contributed by atoms with Gasteiger partial charge in [-0.2, -0.15) is 0 Å². The van der Waals surface area contributed by atoms with E-state index in [4.69, 9.17) is 11.1 Å². The van der Waals surface area contributed by atoms with Crippen LogP contribution in [0.4, 0.5) is 0 Å². The predicted octanol–water partition coefficient (Wildman–Crippen LogP) is 1.88. The molecule has 72 valence electrons. The fourth-order valence-electron chi connectivity index (χ4n) is 1.31. The molecular weight excluding hydrogens is 194 g/mol. The Morgan fingerprint density at radius 1 is 1.43 bits per heavy atom. The monoisotopic (exact) mass is 205 g/mol. The number of thiophene rings is 1. The number of hydrogen-bond acceptors (Lipinski definition) is 2. The fourth-order valence-corrected chi connectivity index (χ4v) is 2.31. The minimum atomic E-state index is 0.0162. The second kappa shape index (κ2) is 3.67. The van der Waals surface area contributed by atoms with Crippen LogP contribution in [0.1, 0.15) is 4.88 Å². The molecule has 2 rings (SSSR count). The summed E-state index contributed by atoms with van der Waals surface area (Å²) in [5, 5.41) is 11.1. The molecule has 0 aliphatic carbocycles. The number of hydrogen-bond donors (Lipinski definition) is 3. The van der Waals surface area contributed by atoms with Crippen molar-refractivity contribution in [2.24, 2.45) is 5.73 Å². The summed E-state index contributed by atoms with van der Waals surface area (Å²) in [6.07, 6.45) is 0. The Hall–Kier alpha value is -1.55. The lowest BCUT2D eigenvalue weighted by Crippen LogP contribution is -2.29. The Labute approximate surface area is 86.1 Å². The normalized spacial score (nSPS) is 10.3. The molecule has 2 aromatic rings. The van der Waals surface area contributed by atoms with Crippen molar-refractivity contribution in [3.8, 4) is 0 Å². The van der Waals surface area contributed by atoms with Crippen LogP contribution in [-0.2, 0) is 6.54 Å². The average Bonchev–Trinajstić information content (AvgIpc) is 2.57. The zero-order chi connectivity index (χ0) is 9.97. The second-order valence-electron chi connectivity index (χ2n) is 3.02. The Morgan fingerprint density at radius 3 is 2.93 bits per heavy atom. The summed E-state index contributed by atoms with van der Waals surface area (Å²) in [6, 6.07) is 10.4. The number of benzene rings is 1. The molecule has 0 bridgehead atoms. The summed E-state index contributed by atoms with van der Waals surface area (Å²) in [5.74, 6) is 0.0162. The molecule has 0 aliphatic heterocycles. The van der Waals surface area contributed by atoms with Crippen molar-refractivity contribution in [1.29, 1.82) is 5.41 Å². The number of nitrogens with one attached hydrogen (secondary N) is 2. The van der Waals surface area contributed by atoms with Gasteiger partial charge in [0.15, 0.2) is 5.96 Å². The first-order valence-corrected chi connectivity index (χ1v) is 5.13. The number of fused-ring (bicyclic) bond motifs is 1. The van der Waals surface area contributed by atoms with Gasteiger partial charge in [-0.1, -0.05) is 18.2 Å². The Balaban J connectivity index is 2.22. The first-order valence-electron chi connectivity index (χ1n) is 4.31. The van der Waals surface area contributed by atoms with E-state index in [-0.39, 0.29) is 5.96 Å². The number of guanidine groups is 1. The van der Waals surface area contributed by atoms with Crippen LogP contribution in [0.5, 0.6) is 0 Å².